The number of hydrogen-bond donors (Lipinski definition) is 1. The van der Waals surface area contributed by atoms with Crippen LogP contribution >= 0.6 is 11.6 Å². The molecule has 7 nitrogen and oxygen atoms in total. The van der Waals surface area contributed by atoms with E-state index < -0.39 is 11.9 Å². The SMILES string of the molecule is COC(=O)C1=C(N)Oc2cc(C)n(C[C@@H]3CCCO3)c(=O)c2[C@H]1c1ccccc1Cl. The Bertz CT molecular complexity index is 1090. The van der Waals surface area contributed by atoms with Crippen molar-refractivity contribution in [1.82, 2.24) is 4.57 Å². The van der Waals surface area contributed by atoms with E-state index in [-0.39, 0.29) is 23.1 Å². The van der Waals surface area contributed by atoms with Crippen LogP contribution in [-0.2, 0) is 20.8 Å². The molecule has 2 aliphatic rings. The Kier molecular flexibility index (Phi) is 5.58. The largest absolute Gasteiger partial charge is 0.465 e. The summed E-state index contributed by atoms with van der Waals surface area (Å²) in [5.41, 5.74) is 7.51. The second-order valence-corrected chi connectivity index (χ2v) is 7.85. The van der Waals surface area contributed by atoms with Gasteiger partial charge in [-0.05, 0) is 31.4 Å². The standard InChI is InChI=1S/C22H23ClN2O5/c1-12-10-16-18(21(26)25(12)11-13-6-5-9-29-13)17(14-7-3-4-8-15(14)23)19(20(24)30-16)22(27)28-2/h3-4,7-8,10,13,17H,5-6,9,11,24H2,1-2H3/t13-,17+/m0/s1. The molecule has 8 heteroatoms. The lowest BCUT2D eigenvalue weighted by molar-refractivity contribution is -0.136. The number of rotatable bonds is 4. The van der Waals surface area contributed by atoms with Gasteiger partial charge < -0.3 is 24.5 Å². The monoisotopic (exact) mass is 430 g/mol. The summed E-state index contributed by atoms with van der Waals surface area (Å²) >= 11 is 6.46. The number of fused-ring (bicyclic) bond motifs is 1. The fourth-order valence-corrected chi connectivity index (χ4v) is 4.38. The highest BCUT2D eigenvalue weighted by Gasteiger charge is 2.39. The predicted octanol–water partition coefficient (Wildman–Crippen LogP) is 2.86. The molecule has 4 rings (SSSR count). The summed E-state index contributed by atoms with van der Waals surface area (Å²) in [5.74, 6) is -1.27. The summed E-state index contributed by atoms with van der Waals surface area (Å²) in [6.07, 6.45) is 1.84. The van der Waals surface area contributed by atoms with Crippen LogP contribution in [0.5, 0.6) is 5.75 Å². The van der Waals surface area contributed by atoms with Gasteiger partial charge in [0.25, 0.3) is 5.56 Å². The van der Waals surface area contributed by atoms with Crippen LogP contribution in [0.1, 0.15) is 35.6 Å². The number of aromatic nitrogens is 1. The van der Waals surface area contributed by atoms with Gasteiger partial charge in [-0.2, -0.15) is 0 Å². The Balaban J connectivity index is 1.94. The first-order valence-corrected chi connectivity index (χ1v) is 10.2. The molecule has 0 radical (unpaired) electrons. The van der Waals surface area contributed by atoms with E-state index in [1.807, 2.05) is 6.92 Å². The number of carbonyl (C=O) groups excluding carboxylic acids is 1. The summed E-state index contributed by atoms with van der Waals surface area (Å²) in [6, 6.07) is 8.80. The van der Waals surface area contributed by atoms with Crippen LogP contribution in [-0.4, -0.2) is 30.4 Å². The number of ether oxygens (including phenoxy) is 3. The van der Waals surface area contributed by atoms with Crippen molar-refractivity contribution >= 4 is 17.6 Å². The van der Waals surface area contributed by atoms with E-state index in [9.17, 15) is 9.59 Å². The van der Waals surface area contributed by atoms with Crippen molar-refractivity contribution in [3.05, 3.63) is 74.0 Å². The van der Waals surface area contributed by atoms with Crippen molar-refractivity contribution < 1.29 is 19.0 Å². The molecule has 1 aromatic carbocycles. The number of hydrogen-bond acceptors (Lipinski definition) is 6. The Morgan fingerprint density at radius 2 is 2.13 bits per heavy atom. The van der Waals surface area contributed by atoms with E-state index in [0.29, 0.717) is 35.1 Å². The number of benzene rings is 1. The fraction of sp³-hybridized carbons (Fsp3) is 0.364. The van der Waals surface area contributed by atoms with Crippen molar-refractivity contribution in [2.45, 2.75) is 38.3 Å². The van der Waals surface area contributed by atoms with Gasteiger partial charge >= 0.3 is 5.97 Å². The number of pyridine rings is 1. The Morgan fingerprint density at radius 3 is 2.80 bits per heavy atom. The zero-order valence-electron chi connectivity index (χ0n) is 16.8. The molecule has 2 N–H and O–H groups in total. The molecule has 1 saturated heterocycles. The van der Waals surface area contributed by atoms with Crippen molar-refractivity contribution in [3.8, 4) is 5.75 Å². The van der Waals surface area contributed by atoms with Gasteiger partial charge in [-0.1, -0.05) is 29.8 Å². The van der Waals surface area contributed by atoms with E-state index in [1.165, 1.54) is 7.11 Å². The maximum atomic E-state index is 13.6. The number of carbonyl (C=O) groups is 1. The molecule has 1 aromatic heterocycles. The minimum Gasteiger partial charge on any atom is -0.465 e. The number of esters is 1. The molecule has 2 atom stereocenters. The fourth-order valence-electron chi connectivity index (χ4n) is 4.13. The van der Waals surface area contributed by atoms with Crippen LogP contribution in [0.3, 0.4) is 0 Å². The van der Waals surface area contributed by atoms with Gasteiger partial charge in [0, 0.05) is 23.4 Å². The van der Waals surface area contributed by atoms with Gasteiger partial charge in [0.15, 0.2) is 0 Å². The van der Waals surface area contributed by atoms with E-state index in [1.54, 1.807) is 34.9 Å². The smallest absolute Gasteiger partial charge is 0.340 e. The molecule has 0 amide bonds. The molecule has 0 aliphatic carbocycles. The number of nitrogens with two attached hydrogens (primary N) is 1. The molecular formula is C22H23ClN2O5. The Labute approximate surface area is 179 Å². The minimum absolute atomic E-state index is 0.0246. The molecule has 30 heavy (non-hydrogen) atoms. The van der Waals surface area contributed by atoms with E-state index >= 15 is 0 Å². The third-order valence-corrected chi connectivity index (χ3v) is 5.95. The van der Waals surface area contributed by atoms with Crippen molar-refractivity contribution in [2.24, 2.45) is 5.73 Å². The van der Waals surface area contributed by atoms with Crippen LogP contribution in [0.25, 0.3) is 0 Å². The van der Waals surface area contributed by atoms with Crippen LogP contribution in [0, 0.1) is 6.92 Å². The zero-order valence-corrected chi connectivity index (χ0v) is 17.6. The highest BCUT2D eigenvalue weighted by atomic mass is 35.5. The molecule has 0 saturated carbocycles. The average Bonchev–Trinajstić information content (AvgIpc) is 3.23. The summed E-state index contributed by atoms with van der Waals surface area (Å²) in [4.78, 5) is 26.3. The van der Waals surface area contributed by atoms with Crippen molar-refractivity contribution in [3.63, 3.8) is 0 Å². The summed E-state index contributed by atoms with van der Waals surface area (Å²) in [7, 11) is 1.26. The maximum Gasteiger partial charge on any atom is 0.340 e. The predicted molar refractivity (Wildman–Crippen MR) is 112 cm³/mol. The first-order chi connectivity index (χ1) is 14.4. The molecule has 158 valence electrons. The molecule has 0 unspecified atom stereocenters. The lowest BCUT2D eigenvalue weighted by Gasteiger charge is -2.29. The number of aryl methyl sites for hydroxylation is 1. The van der Waals surface area contributed by atoms with Gasteiger partial charge in [0.05, 0.1) is 31.2 Å². The van der Waals surface area contributed by atoms with Crippen molar-refractivity contribution in [1.29, 1.82) is 0 Å². The number of methoxy groups -OCH3 is 1. The maximum absolute atomic E-state index is 13.6. The molecular weight excluding hydrogens is 408 g/mol. The highest BCUT2D eigenvalue weighted by molar-refractivity contribution is 6.31. The second kappa shape index (κ2) is 8.16. The summed E-state index contributed by atoms with van der Waals surface area (Å²) < 4.78 is 18.0. The highest BCUT2D eigenvalue weighted by Crippen LogP contribution is 2.43. The van der Waals surface area contributed by atoms with Gasteiger partial charge in [0.2, 0.25) is 5.88 Å². The average molecular weight is 431 g/mol. The van der Waals surface area contributed by atoms with Crippen LogP contribution in [0.4, 0.5) is 0 Å². The van der Waals surface area contributed by atoms with Crippen LogP contribution < -0.4 is 16.0 Å². The minimum atomic E-state index is -0.807. The van der Waals surface area contributed by atoms with Crippen molar-refractivity contribution in [2.75, 3.05) is 13.7 Å². The van der Waals surface area contributed by atoms with Gasteiger partial charge in [0.1, 0.15) is 11.3 Å². The Morgan fingerprint density at radius 1 is 1.37 bits per heavy atom. The molecule has 2 aliphatic heterocycles. The second-order valence-electron chi connectivity index (χ2n) is 7.44. The van der Waals surface area contributed by atoms with Gasteiger partial charge in [-0.15, -0.1) is 0 Å². The lowest BCUT2D eigenvalue weighted by Crippen LogP contribution is -2.36. The third kappa shape index (κ3) is 3.48. The first-order valence-electron chi connectivity index (χ1n) is 9.78. The molecule has 3 heterocycles. The van der Waals surface area contributed by atoms with Gasteiger partial charge in [-0.25, -0.2) is 4.79 Å². The summed E-state index contributed by atoms with van der Waals surface area (Å²) in [5, 5.41) is 0.412. The molecule has 0 bridgehead atoms. The lowest BCUT2D eigenvalue weighted by atomic mass is 9.83. The van der Waals surface area contributed by atoms with E-state index in [0.717, 1.165) is 18.5 Å². The summed E-state index contributed by atoms with van der Waals surface area (Å²) in [6.45, 7) is 2.96. The zero-order chi connectivity index (χ0) is 21.4. The van der Waals surface area contributed by atoms with Crippen LogP contribution in [0.15, 0.2) is 46.6 Å². The van der Waals surface area contributed by atoms with Gasteiger partial charge in [-0.3, -0.25) is 4.79 Å². The molecule has 1 fully saturated rings. The molecule has 2 aromatic rings. The molecule has 0 spiro atoms. The number of halogens is 1. The first kappa shape index (κ1) is 20.5. The topological polar surface area (TPSA) is 92.8 Å². The van der Waals surface area contributed by atoms with Crippen LogP contribution in [0.2, 0.25) is 5.02 Å². The quantitative estimate of drug-likeness (QED) is 0.750. The normalized spacial score (nSPS) is 20.6. The van der Waals surface area contributed by atoms with E-state index in [4.69, 9.17) is 31.5 Å². The van der Waals surface area contributed by atoms with E-state index in [2.05, 4.69) is 0 Å². The third-order valence-electron chi connectivity index (χ3n) is 5.60. The Hall–Kier alpha value is -2.77. The number of nitrogens with zero attached hydrogens (tertiary/aromatic N) is 1.